The van der Waals surface area contributed by atoms with Crippen molar-refractivity contribution in [1.29, 1.82) is 0 Å². The van der Waals surface area contributed by atoms with E-state index in [0.717, 1.165) is 45.4 Å². The molecule has 2 aliphatic heterocycles. The van der Waals surface area contributed by atoms with Crippen LogP contribution >= 0.6 is 0 Å². The molecule has 0 saturated carbocycles. The van der Waals surface area contributed by atoms with Gasteiger partial charge in [0.15, 0.2) is 0 Å². The molecule has 3 atom stereocenters. The smallest absolute Gasteiger partial charge is 0.243 e. The SMILES string of the molecule is CCC1(C)NC(CC(C)C)N(CCC2CCOC2)C1=O. The molecular formula is C16H30N2O2. The zero-order valence-corrected chi connectivity index (χ0v) is 13.4. The molecule has 1 N–H and O–H groups in total. The van der Waals surface area contributed by atoms with Gasteiger partial charge in [-0.1, -0.05) is 20.8 Å². The molecule has 2 saturated heterocycles. The highest BCUT2D eigenvalue weighted by Crippen LogP contribution is 2.28. The number of rotatable bonds is 6. The first kappa shape index (κ1) is 15.8. The summed E-state index contributed by atoms with van der Waals surface area (Å²) in [6.45, 7) is 11.2. The number of hydrogen-bond acceptors (Lipinski definition) is 3. The van der Waals surface area contributed by atoms with Gasteiger partial charge in [0, 0.05) is 19.8 Å². The zero-order valence-electron chi connectivity index (χ0n) is 13.4. The normalized spacial score (nSPS) is 34.5. The molecule has 2 heterocycles. The molecule has 2 rings (SSSR count). The number of amides is 1. The third-order valence-corrected chi connectivity index (χ3v) is 4.80. The van der Waals surface area contributed by atoms with Crippen LogP contribution in [0, 0.1) is 11.8 Å². The lowest BCUT2D eigenvalue weighted by Crippen LogP contribution is -2.44. The summed E-state index contributed by atoms with van der Waals surface area (Å²) in [6.07, 6.45) is 4.30. The van der Waals surface area contributed by atoms with Crippen molar-refractivity contribution in [3.63, 3.8) is 0 Å². The number of nitrogens with one attached hydrogen (secondary N) is 1. The summed E-state index contributed by atoms with van der Waals surface area (Å²) in [5.41, 5.74) is -0.369. The minimum atomic E-state index is -0.369. The summed E-state index contributed by atoms with van der Waals surface area (Å²) in [5, 5.41) is 3.57. The van der Waals surface area contributed by atoms with Gasteiger partial charge in [0.2, 0.25) is 5.91 Å². The third kappa shape index (κ3) is 3.34. The maximum Gasteiger partial charge on any atom is 0.243 e. The Morgan fingerprint density at radius 3 is 2.80 bits per heavy atom. The molecular weight excluding hydrogens is 252 g/mol. The summed E-state index contributed by atoms with van der Waals surface area (Å²) >= 11 is 0. The first-order chi connectivity index (χ1) is 9.46. The minimum Gasteiger partial charge on any atom is -0.381 e. The van der Waals surface area contributed by atoms with Crippen LogP contribution in [0.5, 0.6) is 0 Å². The van der Waals surface area contributed by atoms with Crippen LogP contribution in [0.2, 0.25) is 0 Å². The fourth-order valence-electron chi connectivity index (χ4n) is 3.24. The van der Waals surface area contributed by atoms with Crippen LogP contribution in [0.25, 0.3) is 0 Å². The van der Waals surface area contributed by atoms with Crippen LogP contribution in [0.15, 0.2) is 0 Å². The van der Waals surface area contributed by atoms with Crippen LogP contribution in [-0.2, 0) is 9.53 Å². The van der Waals surface area contributed by atoms with Crippen molar-refractivity contribution < 1.29 is 9.53 Å². The Balaban J connectivity index is 1.99. The Labute approximate surface area is 123 Å². The van der Waals surface area contributed by atoms with Crippen molar-refractivity contribution >= 4 is 5.91 Å². The molecule has 116 valence electrons. The Morgan fingerprint density at radius 2 is 2.25 bits per heavy atom. The van der Waals surface area contributed by atoms with E-state index in [4.69, 9.17) is 4.74 Å². The van der Waals surface area contributed by atoms with Crippen molar-refractivity contribution in [1.82, 2.24) is 10.2 Å². The fourth-order valence-corrected chi connectivity index (χ4v) is 3.24. The average molecular weight is 282 g/mol. The molecule has 4 heteroatoms. The first-order valence-electron chi connectivity index (χ1n) is 8.12. The van der Waals surface area contributed by atoms with Crippen LogP contribution in [0.3, 0.4) is 0 Å². The molecule has 0 aliphatic carbocycles. The molecule has 0 aromatic carbocycles. The zero-order chi connectivity index (χ0) is 14.8. The van der Waals surface area contributed by atoms with Gasteiger partial charge in [0.05, 0.1) is 11.7 Å². The van der Waals surface area contributed by atoms with Crippen LogP contribution in [0.4, 0.5) is 0 Å². The molecule has 0 bridgehead atoms. The van der Waals surface area contributed by atoms with Gasteiger partial charge >= 0.3 is 0 Å². The van der Waals surface area contributed by atoms with E-state index in [2.05, 4.69) is 31.0 Å². The lowest BCUT2D eigenvalue weighted by molar-refractivity contribution is -0.133. The van der Waals surface area contributed by atoms with E-state index in [0.29, 0.717) is 11.8 Å². The Kier molecular flexibility index (Phi) is 5.08. The fraction of sp³-hybridized carbons (Fsp3) is 0.938. The van der Waals surface area contributed by atoms with E-state index in [1.807, 2.05) is 6.92 Å². The molecule has 0 aromatic rings. The molecule has 0 spiro atoms. The highest BCUT2D eigenvalue weighted by atomic mass is 16.5. The van der Waals surface area contributed by atoms with E-state index < -0.39 is 0 Å². The second kappa shape index (κ2) is 6.44. The van der Waals surface area contributed by atoms with Crippen molar-refractivity contribution in [2.24, 2.45) is 11.8 Å². The topological polar surface area (TPSA) is 41.6 Å². The number of carbonyl (C=O) groups excluding carboxylic acids is 1. The summed E-state index contributed by atoms with van der Waals surface area (Å²) in [4.78, 5) is 14.8. The standard InChI is InChI=1S/C16H30N2O2/c1-5-16(4)15(19)18(14(17-16)10-12(2)3)8-6-13-7-9-20-11-13/h12-14,17H,5-11H2,1-4H3. The van der Waals surface area contributed by atoms with Crippen molar-refractivity contribution in [3.05, 3.63) is 0 Å². The van der Waals surface area contributed by atoms with Crippen LogP contribution in [-0.4, -0.2) is 42.3 Å². The van der Waals surface area contributed by atoms with Gasteiger partial charge in [-0.15, -0.1) is 0 Å². The predicted molar refractivity (Wildman–Crippen MR) is 80.3 cm³/mol. The van der Waals surface area contributed by atoms with Crippen LogP contribution < -0.4 is 5.32 Å². The summed E-state index contributed by atoms with van der Waals surface area (Å²) in [7, 11) is 0. The first-order valence-corrected chi connectivity index (χ1v) is 8.12. The summed E-state index contributed by atoms with van der Waals surface area (Å²) in [5.74, 6) is 1.51. The maximum atomic E-state index is 12.7. The second-order valence-electron chi connectivity index (χ2n) is 6.99. The number of hydrogen-bond donors (Lipinski definition) is 1. The molecule has 0 radical (unpaired) electrons. The van der Waals surface area contributed by atoms with Crippen molar-refractivity contribution in [2.75, 3.05) is 19.8 Å². The minimum absolute atomic E-state index is 0.203. The molecule has 2 fully saturated rings. The van der Waals surface area contributed by atoms with Gasteiger partial charge in [-0.25, -0.2) is 0 Å². The van der Waals surface area contributed by atoms with Gasteiger partial charge < -0.3 is 9.64 Å². The lowest BCUT2D eigenvalue weighted by atomic mass is 9.99. The lowest BCUT2D eigenvalue weighted by Gasteiger charge is -2.26. The van der Waals surface area contributed by atoms with E-state index in [1.54, 1.807) is 0 Å². The van der Waals surface area contributed by atoms with Gasteiger partial charge in [-0.2, -0.15) is 0 Å². The largest absolute Gasteiger partial charge is 0.381 e. The maximum absolute atomic E-state index is 12.7. The van der Waals surface area contributed by atoms with Gasteiger partial charge in [0.25, 0.3) is 0 Å². The van der Waals surface area contributed by atoms with Gasteiger partial charge in [-0.05, 0) is 44.4 Å². The second-order valence-corrected chi connectivity index (χ2v) is 6.99. The Bertz CT molecular complexity index is 339. The van der Waals surface area contributed by atoms with Crippen molar-refractivity contribution in [2.45, 2.75) is 65.1 Å². The average Bonchev–Trinajstić information content (AvgIpc) is 2.97. The van der Waals surface area contributed by atoms with Gasteiger partial charge in [-0.3, -0.25) is 10.1 Å². The molecule has 3 unspecified atom stereocenters. The highest BCUT2D eigenvalue weighted by Gasteiger charge is 2.46. The molecule has 1 amide bonds. The van der Waals surface area contributed by atoms with Crippen LogP contribution in [0.1, 0.15) is 53.4 Å². The molecule has 2 aliphatic rings. The monoisotopic (exact) mass is 282 g/mol. The predicted octanol–water partition coefficient (Wildman–Crippen LogP) is 2.39. The third-order valence-electron chi connectivity index (χ3n) is 4.80. The molecule has 0 aromatic heterocycles. The Morgan fingerprint density at radius 1 is 1.50 bits per heavy atom. The molecule has 4 nitrogen and oxygen atoms in total. The van der Waals surface area contributed by atoms with Crippen molar-refractivity contribution in [3.8, 4) is 0 Å². The van der Waals surface area contributed by atoms with E-state index in [-0.39, 0.29) is 17.6 Å². The number of ether oxygens (including phenoxy) is 1. The van der Waals surface area contributed by atoms with E-state index in [9.17, 15) is 4.79 Å². The molecule has 20 heavy (non-hydrogen) atoms. The van der Waals surface area contributed by atoms with E-state index >= 15 is 0 Å². The summed E-state index contributed by atoms with van der Waals surface area (Å²) in [6, 6.07) is 0. The summed E-state index contributed by atoms with van der Waals surface area (Å²) < 4.78 is 5.43. The van der Waals surface area contributed by atoms with Gasteiger partial charge in [0.1, 0.15) is 0 Å². The van der Waals surface area contributed by atoms with E-state index in [1.165, 1.54) is 0 Å². The Hall–Kier alpha value is -0.610. The number of nitrogens with zero attached hydrogens (tertiary/aromatic N) is 1. The number of carbonyl (C=O) groups is 1. The quantitative estimate of drug-likeness (QED) is 0.813. The highest BCUT2D eigenvalue weighted by molar-refractivity contribution is 5.88.